The van der Waals surface area contributed by atoms with Gasteiger partial charge in [0.05, 0.1) is 13.2 Å². The molecule has 0 unspecified atom stereocenters. The lowest BCUT2D eigenvalue weighted by Crippen LogP contribution is -2.61. The molecule has 1 heterocycles. The fourth-order valence-corrected chi connectivity index (χ4v) is 9.25. The van der Waals surface area contributed by atoms with Crippen molar-refractivity contribution in [2.24, 2.45) is 5.92 Å². The molecule has 0 aromatic carbocycles. The van der Waals surface area contributed by atoms with E-state index in [4.69, 9.17) is 18.5 Å². The minimum Gasteiger partial charge on any atom is -0.350 e. The van der Waals surface area contributed by atoms with Gasteiger partial charge < -0.3 is 48.6 Å². The molecular formula is C36H76O18P4. The molecule has 0 bridgehead atoms. The molecule has 1 aliphatic heterocycles. The highest BCUT2D eigenvalue weighted by Crippen LogP contribution is 2.51. The van der Waals surface area contributed by atoms with Gasteiger partial charge in [0.1, 0.15) is 24.4 Å². The Kier molecular flexibility index (Phi) is 30.4. The largest absolute Gasteiger partial charge is 0.470 e. The summed E-state index contributed by atoms with van der Waals surface area (Å²) in [7, 11) is -22.0. The van der Waals surface area contributed by atoms with Gasteiger partial charge in [-0.25, -0.2) is 18.3 Å². The van der Waals surface area contributed by atoms with Gasteiger partial charge in [0.15, 0.2) is 6.29 Å². The molecule has 22 heteroatoms. The first-order chi connectivity index (χ1) is 27.2. The molecule has 0 saturated carbocycles. The van der Waals surface area contributed by atoms with Crippen molar-refractivity contribution < 1.29 is 85.0 Å². The fraction of sp³-hybridized carbons (Fsp3) is 1.00. The molecule has 0 amide bonds. The predicted molar refractivity (Wildman–Crippen MR) is 218 cm³/mol. The van der Waals surface area contributed by atoms with Crippen molar-refractivity contribution >= 4 is 31.3 Å². The Morgan fingerprint density at radius 2 is 0.776 bits per heavy atom. The van der Waals surface area contributed by atoms with Crippen LogP contribution in [0.4, 0.5) is 0 Å². The molecular weight excluding hydrogens is 844 g/mol. The van der Waals surface area contributed by atoms with Gasteiger partial charge in [0.25, 0.3) is 0 Å². The molecule has 348 valence electrons. The smallest absolute Gasteiger partial charge is 0.350 e. The third kappa shape index (κ3) is 31.2. The first-order valence-corrected chi connectivity index (χ1v) is 27.6. The summed E-state index contributed by atoms with van der Waals surface area (Å²) in [6, 6.07) is 0. The van der Waals surface area contributed by atoms with Gasteiger partial charge >= 0.3 is 31.3 Å². The normalized spacial score (nSPS) is 21.0. The summed E-state index contributed by atoms with van der Waals surface area (Å²) < 4.78 is 77.8. The lowest BCUT2D eigenvalue weighted by Gasteiger charge is -2.45. The van der Waals surface area contributed by atoms with Crippen LogP contribution in [0.15, 0.2) is 0 Å². The van der Waals surface area contributed by atoms with Crippen molar-refractivity contribution in [3.8, 4) is 0 Å². The van der Waals surface area contributed by atoms with Crippen LogP contribution in [0, 0.1) is 5.92 Å². The molecule has 0 aliphatic carbocycles. The molecule has 0 spiro atoms. The standard InChI is InChI=1S/C36H76O18P4/c1-3-5-7-9-11-13-15-17-19-21-23-25-27-31(28-26-24-22-20-18-16-14-12-10-8-6-4-2)29-49-36-35(54-58(46,47)48)34(53-57(43,44)45)33(52-56(40,41)42)32(51-36)30-50-55(37,38)39/h31-36H,3-30H2,1-2H3,(H2,37,38,39)(H2,40,41,42)(H2,43,44,45)(H2,46,47,48)/t32-,33+,34+,35-,36-/m1/s1. The Morgan fingerprint density at radius 1 is 0.448 bits per heavy atom. The average Bonchev–Trinajstić information content (AvgIpc) is 3.10. The van der Waals surface area contributed by atoms with Crippen molar-refractivity contribution in [1.29, 1.82) is 0 Å². The van der Waals surface area contributed by atoms with Crippen molar-refractivity contribution in [2.75, 3.05) is 13.2 Å². The summed E-state index contributed by atoms with van der Waals surface area (Å²) >= 11 is 0. The van der Waals surface area contributed by atoms with Crippen molar-refractivity contribution in [3.63, 3.8) is 0 Å². The molecule has 0 aromatic rings. The zero-order chi connectivity index (χ0) is 43.5. The second-order valence-corrected chi connectivity index (χ2v) is 20.4. The Bertz CT molecular complexity index is 1190. The van der Waals surface area contributed by atoms with Crippen LogP contribution >= 0.6 is 31.3 Å². The number of phosphoric acid groups is 4. The van der Waals surface area contributed by atoms with Gasteiger partial charge in [-0.2, -0.15) is 0 Å². The van der Waals surface area contributed by atoms with E-state index in [-0.39, 0.29) is 12.5 Å². The minimum atomic E-state index is -5.63. The number of hydrogen-bond donors (Lipinski definition) is 8. The van der Waals surface area contributed by atoms with E-state index in [9.17, 15) is 57.4 Å². The maximum absolute atomic E-state index is 12.1. The van der Waals surface area contributed by atoms with E-state index in [1.165, 1.54) is 103 Å². The van der Waals surface area contributed by atoms with Gasteiger partial charge in [-0.05, 0) is 18.8 Å². The molecule has 0 radical (unpaired) electrons. The molecule has 1 rings (SSSR count). The van der Waals surface area contributed by atoms with Crippen LogP contribution < -0.4 is 0 Å². The number of hydrogen-bond acceptors (Lipinski definition) is 10. The summed E-state index contributed by atoms with van der Waals surface area (Å²) in [5, 5.41) is 0. The zero-order valence-corrected chi connectivity index (χ0v) is 38.3. The highest BCUT2D eigenvalue weighted by Gasteiger charge is 2.55. The van der Waals surface area contributed by atoms with E-state index in [0.717, 1.165) is 64.2 Å². The van der Waals surface area contributed by atoms with E-state index in [1.807, 2.05) is 0 Å². The van der Waals surface area contributed by atoms with E-state index in [0.29, 0.717) is 0 Å². The fourth-order valence-electron chi connectivity index (χ4n) is 7.24. The molecule has 0 aromatic heterocycles. The maximum atomic E-state index is 12.1. The van der Waals surface area contributed by atoms with E-state index in [1.54, 1.807) is 0 Å². The van der Waals surface area contributed by atoms with Crippen LogP contribution in [-0.4, -0.2) is 83.1 Å². The van der Waals surface area contributed by atoms with Gasteiger partial charge in [-0.3, -0.25) is 18.1 Å². The minimum absolute atomic E-state index is 0.0829. The second-order valence-electron chi connectivity index (χ2n) is 15.6. The van der Waals surface area contributed by atoms with E-state index >= 15 is 0 Å². The van der Waals surface area contributed by atoms with Gasteiger partial charge in [-0.15, -0.1) is 0 Å². The zero-order valence-electron chi connectivity index (χ0n) is 34.7. The monoisotopic (exact) mass is 920 g/mol. The topological polar surface area (TPSA) is 285 Å². The number of rotatable bonds is 38. The lowest BCUT2D eigenvalue weighted by molar-refractivity contribution is -0.293. The Hall–Kier alpha value is 0.360. The summed E-state index contributed by atoms with van der Waals surface area (Å²) in [5.74, 6) is -0.0967. The maximum Gasteiger partial charge on any atom is 0.470 e. The first kappa shape index (κ1) is 56.4. The quantitative estimate of drug-likeness (QED) is 0.0212. The number of phosphoric ester groups is 4. The summed E-state index contributed by atoms with van der Waals surface area (Å²) in [6.45, 7) is 3.17. The third-order valence-electron chi connectivity index (χ3n) is 10.2. The lowest BCUT2D eigenvalue weighted by atomic mass is 9.94. The van der Waals surface area contributed by atoms with Crippen molar-refractivity contribution in [1.82, 2.24) is 0 Å². The second kappa shape index (κ2) is 31.2. The van der Waals surface area contributed by atoms with Crippen molar-refractivity contribution in [2.45, 2.75) is 211 Å². The molecule has 18 nitrogen and oxygen atoms in total. The SMILES string of the molecule is CCCCCCCCCCCCCCC(CCCCCCCCCCCCCC)CO[C@@H]1O[C@H](COP(=O)(O)O)[C@H](OP(=O)(O)O)[C@H](OP(=O)(O)O)[C@H]1OP(=O)(O)O. The predicted octanol–water partition coefficient (Wildman–Crippen LogP) is 9.07. The molecule has 1 fully saturated rings. The summed E-state index contributed by atoms with van der Waals surface area (Å²) in [4.78, 5) is 76.6. The Balaban J connectivity index is 3.04. The van der Waals surface area contributed by atoms with Crippen molar-refractivity contribution in [3.05, 3.63) is 0 Å². The van der Waals surface area contributed by atoms with Gasteiger partial charge in [0.2, 0.25) is 0 Å². The highest BCUT2D eigenvalue weighted by molar-refractivity contribution is 7.47. The van der Waals surface area contributed by atoms with E-state index in [2.05, 4.69) is 22.9 Å². The highest BCUT2D eigenvalue weighted by atomic mass is 31.2. The van der Waals surface area contributed by atoms with Crippen LogP contribution in [0.1, 0.15) is 181 Å². The van der Waals surface area contributed by atoms with Gasteiger partial charge in [0, 0.05) is 0 Å². The van der Waals surface area contributed by atoms with Crippen LogP contribution in [-0.2, 0) is 45.8 Å². The van der Waals surface area contributed by atoms with Crippen LogP contribution in [0.5, 0.6) is 0 Å². The summed E-state index contributed by atoms with van der Waals surface area (Å²) in [6.07, 6.45) is 18.7. The molecule has 8 N–H and O–H groups in total. The van der Waals surface area contributed by atoms with Crippen LogP contribution in [0.2, 0.25) is 0 Å². The Labute approximate surface area is 346 Å². The molecule has 1 aliphatic rings. The average molecular weight is 921 g/mol. The van der Waals surface area contributed by atoms with Crippen LogP contribution in [0.3, 0.4) is 0 Å². The van der Waals surface area contributed by atoms with Gasteiger partial charge in [-0.1, -0.05) is 168 Å². The van der Waals surface area contributed by atoms with Crippen LogP contribution in [0.25, 0.3) is 0 Å². The Morgan fingerprint density at radius 3 is 1.12 bits per heavy atom. The first-order valence-electron chi connectivity index (χ1n) is 21.4. The number of unbranched alkanes of at least 4 members (excludes halogenated alkanes) is 22. The number of ether oxygens (including phenoxy) is 2. The molecule has 5 atom stereocenters. The molecule has 58 heavy (non-hydrogen) atoms. The molecule has 1 saturated heterocycles. The third-order valence-corrected chi connectivity index (χ3v) is 12.2. The van der Waals surface area contributed by atoms with E-state index < -0.39 is 68.6 Å². The summed E-state index contributed by atoms with van der Waals surface area (Å²) in [5.41, 5.74) is 0.